The summed E-state index contributed by atoms with van der Waals surface area (Å²) in [4.78, 5) is 23.5. The molecule has 28 heavy (non-hydrogen) atoms. The van der Waals surface area contributed by atoms with E-state index in [0.29, 0.717) is 6.42 Å². The number of esters is 1. The van der Waals surface area contributed by atoms with Gasteiger partial charge in [-0.05, 0) is 48.4 Å². The molecule has 0 aliphatic rings. The van der Waals surface area contributed by atoms with Crippen molar-refractivity contribution in [1.29, 1.82) is 0 Å². The van der Waals surface area contributed by atoms with Gasteiger partial charge in [0.25, 0.3) is 5.91 Å². The number of benzene rings is 2. The molecular weight excluding hydrogens is 376 g/mol. The molecule has 7 nitrogen and oxygen atoms in total. The van der Waals surface area contributed by atoms with Crippen molar-refractivity contribution in [2.45, 2.75) is 13.0 Å². The van der Waals surface area contributed by atoms with Gasteiger partial charge in [0.1, 0.15) is 5.75 Å². The number of phenols is 1. The molecule has 0 bridgehead atoms. The SMILES string of the molecule is COc1cc(CCNC(=O)COC(=O)c2ccc(O)cc2)ccc1OC(F)F. The molecule has 0 fully saturated rings. The molecule has 0 aliphatic carbocycles. The quantitative estimate of drug-likeness (QED) is 0.634. The van der Waals surface area contributed by atoms with Gasteiger partial charge in [-0.1, -0.05) is 6.07 Å². The summed E-state index contributed by atoms with van der Waals surface area (Å²) in [6.07, 6.45) is 0.406. The normalized spacial score (nSPS) is 10.4. The molecule has 0 radical (unpaired) electrons. The van der Waals surface area contributed by atoms with Gasteiger partial charge in [0.05, 0.1) is 12.7 Å². The number of aromatic hydroxyl groups is 1. The minimum absolute atomic E-state index is 0.0136. The predicted molar refractivity (Wildman–Crippen MR) is 94.7 cm³/mol. The number of rotatable bonds is 9. The highest BCUT2D eigenvalue weighted by atomic mass is 19.3. The van der Waals surface area contributed by atoms with Crippen molar-refractivity contribution < 1.29 is 37.7 Å². The second kappa shape index (κ2) is 10.1. The molecule has 0 spiro atoms. The Labute approximate surface area is 159 Å². The van der Waals surface area contributed by atoms with Gasteiger partial charge in [-0.2, -0.15) is 8.78 Å². The highest BCUT2D eigenvalue weighted by Gasteiger charge is 2.12. The summed E-state index contributed by atoms with van der Waals surface area (Å²) in [6.45, 7) is -3.17. The Hall–Kier alpha value is -3.36. The molecule has 2 N–H and O–H groups in total. The number of halogens is 2. The van der Waals surface area contributed by atoms with Crippen LogP contribution in [0.1, 0.15) is 15.9 Å². The Kier molecular flexibility index (Phi) is 7.55. The van der Waals surface area contributed by atoms with Crippen LogP contribution in [0.15, 0.2) is 42.5 Å². The first-order valence-corrected chi connectivity index (χ1v) is 8.23. The van der Waals surface area contributed by atoms with E-state index in [1.807, 2.05) is 0 Å². The van der Waals surface area contributed by atoms with Crippen LogP contribution in [0.25, 0.3) is 0 Å². The maximum atomic E-state index is 12.3. The van der Waals surface area contributed by atoms with E-state index in [4.69, 9.17) is 14.6 Å². The van der Waals surface area contributed by atoms with E-state index >= 15 is 0 Å². The molecular formula is C19H19F2NO6. The summed E-state index contributed by atoms with van der Waals surface area (Å²) in [5, 5.41) is 11.8. The first-order chi connectivity index (χ1) is 13.4. The lowest BCUT2D eigenvalue weighted by atomic mass is 10.1. The summed E-state index contributed by atoms with van der Waals surface area (Å²) in [5.41, 5.74) is 0.948. The number of methoxy groups -OCH3 is 1. The van der Waals surface area contributed by atoms with E-state index < -0.39 is 25.1 Å². The third-order valence-electron chi connectivity index (χ3n) is 3.62. The first-order valence-electron chi connectivity index (χ1n) is 8.23. The van der Waals surface area contributed by atoms with Crippen molar-refractivity contribution >= 4 is 11.9 Å². The van der Waals surface area contributed by atoms with Crippen LogP contribution in [-0.2, 0) is 16.0 Å². The fourth-order valence-corrected chi connectivity index (χ4v) is 2.27. The van der Waals surface area contributed by atoms with E-state index in [2.05, 4.69) is 10.1 Å². The molecule has 2 aromatic carbocycles. The number of carbonyl (C=O) groups is 2. The van der Waals surface area contributed by atoms with E-state index in [1.165, 1.54) is 43.5 Å². The van der Waals surface area contributed by atoms with E-state index in [9.17, 15) is 18.4 Å². The number of phenolic OH excluding ortho intramolecular Hbond substituents is 1. The topological polar surface area (TPSA) is 94.1 Å². The number of amides is 1. The van der Waals surface area contributed by atoms with Crippen LogP contribution >= 0.6 is 0 Å². The van der Waals surface area contributed by atoms with Crippen molar-refractivity contribution in [3.8, 4) is 17.2 Å². The molecule has 150 valence electrons. The highest BCUT2D eigenvalue weighted by Crippen LogP contribution is 2.29. The second-order valence-electron chi connectivity index (χ2n) is 5.59. The molecule has 0 heterocycles. The van der Waals surface area contributed by atoms with Gasteiger partial charge in [0.15, 0.2) is 18.1 Å². The molecule has 0 atom stereocenters. The van der Waals surface area contributed by atoms with Crippen LogP contribution in [0, 0.1) is 0 Å². The van der Waals surface area contributed by atoms with E-state index in [0.717, 1.165) is 5.56 Å². The third-order valence-corrected chi connectivity index (χ3v) is 3.62. The van der Waals surface area contributed by atoms with E-state index in [1.54, 1.807) is 6.07 Å². The Morgan fingerprint density at radius 1 is 1.11 bits per heavy atom. The molecule has 0 aromatic heterocycles. The maximum Gasteiger partial charge on any atom is 0.387 e. The lowest BCUT2D eigenvalue weighted by molar-refractivity contribution is -0.124. The number of nitrogens with one attached hydrogen (secondary N) is 1. The van der Waals surface area contributed by atoms with Crippen LogP contribution in [0.4, 0.5) is 8.78 Å². The molecule has 1 amide bonds. The summed E-state index contributed by atoms with van der Waals surface area (Å²) in [7, 11) is 1.33. The van der Waals surface area contributed by atoms with Gasteiger partial charge in [-0.3, -0.25) is 4.79 Å². The monoisotopic (exact) mass is 395 g/mol. The molecule has 2 aromatic rings. The zero-order valence-corrected chi connectivity index (χ0v) is 15.0. The molecule has 0 saturated heterocycles. The van der Waals surface area contributed by atoms with Gasteiger partial charge in [-0.25, -0.2) is 4.79 Å². The summed E-state index contributed by atoms with van der Waals surface area (Å²) >= 11 is 0. The summed E-state index contributed by atoms with van der Waals surface area (Å²) in [5.74, 6) is -1.08. The predicted octanol–water partition coefficient (Wildman–Crippen LogP) is 2.52. The minimum atomic E-state index is -2.96. The number of carbonyl (C=O) groups excluding carboxylic acids is 2. The van der Waals surface area contributed by atoms with Crippen LogP contribution in [0.3, 0.4) is 0 Å². The first kappa shape index (κ1) is 20.9. The second-order valence-corrected chi connectivity index (χ2v) is 5.59. The molecule has 0 aliphatic heterocycles. The fraction of sp³-hybridized carbons (Fsp3) is 0.263. The lowest BCUT2D eigenvalue weighted by Crippen LogP contribution is -2.30. The van der Waals surface area contributed by atoms with Crippen molar-refractivity contribution in [3.05, 3.63) is 53.6 Å². The molecule has 0 unspecified atom stereocenters. The summed E-state index contributed by atoms with van der Waals surface area (Å²) < 4.78 is 38.9. The van der Waals surface area contributed by atoms with E-state index in [-0.39, 0.29) is 29.4 Å². The number of hydrogen-bond acceptors (Lipinski definition) is 6. The van der Waals surface area contributed by atoms with Crippen LogP contribution in [0.2, 0.25) is 0 Å². The third kappa shape index (κ3) is 6.42. The Balaban J connectivity index is 1.77. The van der Waals surface area contributed by atoms with Crippen LogP contribution in [-0.4, -0.2) is 43.9 Å². The molecule has 9 heteroatoms. The van der Waals surface area contributed by atoms with Crippen molar-refractivity contribution in [3.63, 3.8) is 0 Å². The molecule has 0 saturated carbocycles. The molecule has 2 rings (SSSR count). The number of alkyl halides is 2. The van der Waals surface area contributed by atoms with Crippen LogP contribution < -0.4 is 14.8 Å². The van der Waals surface area contributed by atoms with Gasteiger partial charge in [0, 0.05) is 6.54 Å². The van der Waals surface area contributed by atoms with Gasteiger partial charge >= 0.3 is 12.6 Å². The highest BCUT2D eigenvalue weighted by molar-refractivity contribution is 5.91. The van der Waals surface area contributed by atoms with Gasteiger partial charge in [-0.15, -0.1) is 0 Å². The van der Waals surface area contributed by atoms with Gasteiger partial charge in [0.2, 0.25) is 0 Å². The zero-order chi connectivity index (χ0) is 20.5. The van der Waals surface area contributed by atoms with Crippen molar-refractivity contribution in [2.24, 2.45) is 0 Å². The smallest absolute Gasteiger partial charge is 0.387 e. The van der Waals surface area contributed by atoms with Crippen LogP contribution in [0.5, 0.6) is 17.2 Å². The standard InChI is InChI=1S/C19H19F2NO6/c1-26-16-10-12(2-7-15(16)28-19(20)21)8-9-22-17(24)11-27-18(25)13-3-5-14(23)6-4-13/h2-7,10,19,23H,8-9,11H2,1H3,(H,22,24). The number of hydrogen-bond donors (Lipinski definition) is 2. The Morgan fingerprint density at radius 2 is 1.82 bits per heavy atom. The fourth-order valence-electron chi connectivity index (χ4n) is 2.27. The maximum absolute atomic E-state index is 12.3. The van der Waals surface area contributed by atoms with Crippen molar-refractivity contribution in [2.75, 3.05) is 20.3 Å². The Morgan fingerprint density at radius 3 is 2.46 bits per heavy atom. The van der Waals surface area contributed by atoms with Gasteiger partial charge < -0.3 is 24.6 Å². The average molecular weight is 395 g/mol. The Bertz CT molecular complexity index is 811. The number of ether oxygens (including phenoxy) is 3. The average Bonchev–Trinajstić information content (AvgIpc) is 2.67. The lowest BCUT2D eigenvalue weighted by Gasteiger charge is -2.12. The zero-order valence-electron chi connectivity index (χ0n) is 15.0. The largest absolute Gasteiger partial charge is 0.508 e. The minimum Gasteiger partial charge on any atom is -0.508 e. The van der Waals surface area contributed by atoms with Crippen molar-refractivity contribution in [1.82, 2.24) is 5.32 Å². The summed E-state index contributed by atoms with van der Waals surface area (Å²) in [6, 6.07) is 9.91.